The molecule has 1 heterocycles. The van der Waals surface area contributed by atoms with Crippen molar-refractivity contribution in [2.24, 2.45) is 5.73 Å². The van der Waals surface area contributed by atoms with Crippen LogP contribution in [-0.2, 0) is 11.3 Å². The van der Waals surface area contributed by atoms with Gasteiger partial charge in [0.25, 0.3) is 6.20 Å². The highest BCUT2D eigenvalue weighted by Crippen LogP contribution is 2.02. The maximum Gasteiger partial charge on any atom is 0.319 e. The zero-order valence-electron chi connectivity index (χ0n) is 9.26. The number of nitrogens with one attached hydrogen (secondary N) is 1. The first-order valence-electron chi connectivity index (χ1n) is 5.22. The van der Waals surface area contributed by atoms with E-state index in [9.17, 15) is 9.59 Å². The van der Waals surface area contributed by atoms with Crippen molar-refractivity contribution in [3.05, 3.63) is 6.20 Å². The number of nitrogens with zero attached hydrogens (tertiary/aromatic N) is 2. The minimum absolute atomic E-state index is 0.179. The molecular formula is C9H15N4O4+. The van der Waals surface area contributed by atoms with Crippen LogP contribution in [-0.4, -0.2) is 22.4 Å². The maximum atomic E-state index is 10.5. The Bertz CT molecular complexity index is 390. The molecule has 0 aliphatic rings. The smallest absolute Gasteiger partial charge is 0.319 e. The van der Waals surface area contributed by atoms with E-state index >= 15 is 0 Å². The summed E-state index contributed by atoms with van der Waals surface area (Å²) in [4.78, 5) is 20.8. The van der Waals surface area contributed by atoms with Gasteiger partial charge in [0.05, 0.1) is 0 Å². The molecule has 0 atom stereocenters. The first kappa shape index (κ1) is 12.9. The number of unbranched alkanes of at least 4 members (excludes halogenated alkanes) is 2. The van der Waals surface area contributed by atoms with Gasteiger partial charge in [-0.25, -0.2) is 4.79 Å². The van der Waals surface area contributed by atoms with Crippen LogP contribution < -0.4 is 15.7 Å². The van der Waals surface area contributed by atoms with Gasteiger partial charge in [-0.3, -0.25) is 14.6 Å². The SMILES string of the molecule is NC(=O)Nc1c[n+](CCCCCC(=O)O)no1. The highest BCUT2D eigenvalue weighted by Gasteiger charge is 2.11. The summed E-state index contributed by atoms with van der Waals surface area (Å²) < 4.78 is 6.30. The summed E-state index contributed by atoms with van der Waals surface area (Å²) in [5, 5.41) is 14.3. The Kier molecular flexibility index (Phi) is 4.92. The van der Waals surface area contributed by atoms with E-state index in [1.807, 2.05) is 0 Å². The number of hydrogen-bond donors (Lipinski definition) is 3. The molecule has 8 nitrogen and oxygen atoms in total. The standard InChI is InChI=1S/C9H14N4O4/c10-9(16)11-7-6-13(12-17-7)5-3-1-2-4-8(14)15/h6H,1-5H2,(H3-,10,11,12,14,15,16)/p+1. The molecule has 0 aliphatic carbocycles. The fraction of sp³-hybridized carbons (Fsp3) is 0.556. The van der Waals surface area contributed by atoms with Gasteiger partial charge in [0, 0.05) is 12.8 Å². The molecule has 0 saturated heterocycles. The molecule has 17 heavy (non-hydrogen) atoms. The first-order valence-corrected chi connectivity index (χ1v) is 5.22. The number of primary amides is 1. The summed E-state index contributed by atoms with van der Waals surface area (Å²) in [6.07, 6.45) is 3.92. The molecule has 1 rings (SSSR count). The fourth-order valence-corrected chi connectivity index (χ4v) is 1.29. The second-order valence-electron chi connectivity index (χ2n) is 3.52. The van der Waals surface area contributed by atoms with Crippen molar-refractivity contribution in [3.8, 4) is 0 Å². The van der Waals surface area contributed by atoms with E-state index in [0.29, 0.717) is 13.0 Å². The van der Waals surface area contributed by atoms with Gasteiger partial charge in [0.1, 0.15) is 0 Å². The molecule has 0 fully saturated rings. The van der Waals surface area contributed by atoms with E-state index in [0.717, 1.165) is 12.8 Å². The van der Waals surface area contributed by atoms with Gasteiger partial charge in [0.15, 0.2) is 6.54 Å². The molecule has 0 radical (unpaired) electrons. The zero-order chi connectivity index (χ0) is 12.7. The van der Waals surface area contributed by atoms with Gasteiger partial charge in [-0.1, -0.05) is 4.68 Å². The Morgan fingerprint density at radius 2 is 2.24 bits per heavy atom. The van der Waals surface area contributed by atoms with Crippen LogP contribution in [0.1, 0.15) is 25.7 Å². The van der Waals surface area contributed by atoms with E-state index in [1.165, 1.54) is 10.9 Å². The molecule has 0 saturated carbocycles. The lowest BCUT2D eigenvalue weighted by atomic mass is 10.2. The van der Waals surface area contributed by atoms with E-state index in [4.69, 9.17) is 15.4 Å². The Morgan fingerprint density at radius 3 is 2.88 bits per heavy atom. The first-order chi connectivity index (χ1) is 8.08. The number of nitrogens with two attached hydrogens (primary N) is 1. The third kappa shape index (κ3) is 5.50. The monoisotopic (exact) mass is 243 g/mol. The third-order valence-corrected chi connectivity index (χ3v) is 2.03. The number of rotatable bonds is 7. The van der Waals surface area contributed by atoms with E-state index < -0.39 is 12.0 Å². The Balaban J connectivity index is 2.21. The van der Waals surface area contributed by atoms with Gasteiger partial charge in [-0.2, -0.15) is 0 Å². The average Bonchev–Trinajstić information content (AvgIpc) is 2.63. The number of anilines is 1. The van der Waals surface area contributed by atoms with Crippen molar-refractivity contribution in [1.29, 1.82) is 0 Å². The van der Waals surface area contributed by atoms with Crippen LogP contribution in [0.5, 0.6) is 0 Å². The summed E-state index contributed by atoms with van der Waals surface area (Å²) in [5.41, 5.74) is 4.90. The molecule has 0 spiro atoms. The summed E-state index contributed by atoms with van der Waals surface area (Å²) in [5.74, 6) is -0.602. The van der Waals surface area contributed by atoms with Crippen LogP contribution >= 0.6 is 0 Å². The molecular weight excluding hydrogens is 228 g/mol. The van der Waals surface area contributed by atoms with Crippen molar-refractivity contribution >= 4 is 17.9 Å². The number of aromatic nitrogens is 2. The molecule has 0 bridgehead atoms. The lowest BCUT2D eigenvalue weighted by molar-refractivity contribution is -0.762. The number of amides is 2. The predicted molar refractivity (Wildman–Crippen MR) is 56.0 cm³/mol. The van der Waals surface area contributed by atoms with Crippen LogP contribution in [0.25, 0.3) is 0 Å². The minimum atomic E-state index is -0.785. The molecule has 0 aromatic carbocycles. The number of carbonyl (C=O) groups is 2. The maximum absolute atomic E-state index is 10.5. The van der Waals surface area contributed by atoms with Gasteiger partial charge in [-0.05, 0) is 12.8 Å². The van der Waals surface area contributed by atoms with Crippen LogP contribution in [0.2, 0.25) is 0 Å². The van der Waals surface area contributed by atoms with Crippen molar-refractivity contribution < 1.29 is 23.9 Å². The summed E-state index contributed by atoms with van der Waals surface area (Å²) in [7, 11) is 0. The quantitative estimate of drug-likeness (QED) is 0.463. The minimum Gasteiger partial charge on any atom is -0.481 e. The molecule has 1 aromatic heterocycles. The highest BCUT2D eigenvalue weighted by molar-refractivity contribution is 5.85. The molecule has 8 heteroatoms. The summed E-state index contributed by atoms with van der Waals surface area (Å²) >= 11 is 0. The third-order valence-electron chi connectivity index (χ3n) is 2.03. The molecule has 2 amide bonds. The Labute approximate surface area is 97.4 Å². The van der Waals surface area contributed by atoms with Gasteiger partial charge < -0.3 is 10.8 Å². The second kappa shape index (κ2) is 6.46. The number of aliphatic carboxylic acids is 1. The van der Waals surface area contributed by atoms with E-state index in [2.05, 4.69) is 10.6 Å². The fourth-order valence-electron chi connectivity index (χ4n) is 1.29. The molecule has 0 unspecified atom stereocenters. The topological polar surface area (TPSA) is 122 Å². The van der Waals surface area contributed by atoms with Gasteiger partial charge in [0.2, 0.25) is 5.27 Å². The summed E-state index contributed by atoms with van der Waals surface area (Å²) in [6, 6.07) is -0.713. The Morgan fingerprint density at radius 1 is 1.47 bits per heavy atom. The number of carbonyl (C=O) groups excluding carboxylic acids is 1. The average molecular weight is 243 g/mol. The van der Waals surface area contributed by atoms with Crippen molar-refractivity contribution in [2.75, 3.05) is 5.32 Å². The lowest BCUT2D eigenvalue weighted by Gasteiger charge is -1.92. The number of hydrogen-bond acceptors (Lipinski definition) is 4. The van der Waals surface area contributed by atoms with E-state index in [-0.39, 0.29) is 12.3 Å². The largest absolute Gasteiger partial charge is 0.481 e. The van der Waals surface area contributed by atoms with Crippen molar-refractivity contribution in [1.82, 2.24) is 5.27 Å². The lowest BCUT2D eigenvalue weighted by Crippen LogP contribution is -2.34. The number of carboxylic acids is 1. The number of carboxylic acid groups (broad SMARTS) is 1. The Hall–Kier alpha value is -2.12. The molecule has 1 aromatic rings. The van der Waals surface area contributed by atoms with Crippen LogP contribution in [0.3, 0.4) is 0 Å². The number of urea groups is 1. The normalized spacial score (nSPS) is 10.1. The predicted octanol–water partition coefficient (Wildman–Crippen LogP) is 0.0977. The molecule has 94 valence electrons. The van der Waals surface area contributed by atoms with E-state index in [1.54, 1.807) is 0 Å². The highest BCUT2D eigenvalue weighted by atomic mass is 16.5. The van der Waals surface area contributed by atoms with Gasteiger partial charge >= 0.3 is 17.9 Å². The molecule has 4 N–H and O–H groups in total. The second-order valence-corrected chi connectivity index (χ2v) is 3.52. The van der Waals surface area contributed by atoms with Crippen molar-refractivity contribution in [2.45, 2.75) is 32.2 Å². The zero-order valence-corrected chi connectivity index (χ0v) is 9.26. The van der Waals surface area contributed by atoms with Crippen LogP contribution in [0, 0.1) is 0 Å². The van der Waals surface area contributed by atoms with Crippen LogP contribution in [0.4, 0.5) is 10.7 Å². The van der Waals surface area contributed by atoms with Crippen molar-refractivity contribution in [3.63, 3.8) is 0 Å². The number of aryl methyl sites for hydroxylation is 1. The molecule has 0 aliphatic heterocycles. The summed E-state index contributed by atoms with van der Waals surface area (Å²) in [6.45, 7) is 0.601. The van der Waals surface area contributed by atoms with Crippen LogP contribution in [0.15, 0.2) is 10.7 Å². The van der Waals surface area contributed by atoms with Gasteiger partial charge in [-0.15, -0.1) is 0 Å².